The first kappa shape index (κ1) is 15.3. The van der Waals surface area contributed by atoms with Crippen LogP contribution < -0.4 is 4.72 Å². The maximum atomic E-state index is 12.0. The number of methoxy groups -OCH3 is 2. The quantitative estimate of drug-likeness (QED) is 0.626. The predicted octanol–water partition coefficient (Wildman–Crippen LogP) is 1.02. The molecule has 1 rings (SSSR count). The molecule has 0 fully saturated rings. The van der Waals surface area contributed by atoms with Crippen molar-refractivity contribution in [3.05, 3.63) is 23.5 Å². The van der Waals surface area contributed by atoms with Gasteiger partial charge in [0.05, 0.1) is 6.04 Å². The van der Waals surface area contributed by atoms with Crippen molar-refractivity contribution in [2.45, 2.75) is 24.2 Å². The maximum Gasteiger partial charge on any atom is 0.242 e. The van der Waals surface area contributed by atoms with E-state index >= 15 is 0 Å². The number of pyridine rings is 1. The zero-order valence-corrected chi connectivity index (χ0v) is 11.8. The van der Waals surface area contributed by atoms with E-state index in [1.54, 1.807) is 6.92 Å². The van der Waals surface area contributed by atoms with Crippen LogP contribution in [-0.4, -0.2) is 40.0 Å². The average Bonchev–Trinajstić information content (AvgIpc) is 2.30. The van der Waals surface area contributed by atoms with Gasteiger partial charge >= 0.3 is 0 Å². The molecule has 1 aromatic heterocycles. The maximum absolute atomic E-state index is 12.0. The Kier molecular flexibility index (Phi) is 5.48. The van der Waals surface area contributed by atoms with Crippen LogP contribution in [0.4, 0.5) is 0 Å². The van der Waals surface area contributed by atoms with Crippen molar-refractivity contribution in [1.82, 2.24) is 9.71 Å². The molecule has 0 aromatic carbocycles. The number of sulfonamides is 1. The van der Waals surface area contributed by atoms with Crippen LogP contribution in [0.15, 0.2) is 23.2 Å². The van der Waals surface area contributed by atoms with Crippen LogP contribution in [0.3, 0.4) is 0 Å². The van der Waals surface area contributed by atoms with Gasteiger partial charge in [-0.2, -0.15) is 0 Å². The van der Waals surface area contributed by atoms with Gasteiger partial charge in [0, 0.05) is 20.4 Å². The summed E-state index contributed by atoms with van der Waals surface area (Å²) in [4.78, 5) is 3.75. The lowest BCUT2D eigenvalue weighted by molar-refractivity contribution is -0.115. The molecule has 0 spiro atoms. The zero-order chi connectivity index (χ0) is 13.8. The lowest BCUT2D eigenvalue weighted by Gasteiger charge is -2.21. The van der Waals surface area contributed by atoms with Gasteiger partial charge in [0.15, 0.2) is 6.29 Å². The highest BCUT2D eigenvalue weighted by molar-refractivity contribution is 7.89. The van der Waals surface area contributed by atoms with Crippen molar-refractivity contribution in [1.29, 1.82) is 0 Å². The number of nitrogens with zero attached hydrogens (tertiary/aromatic N) is 1. The monoisotopic (exact) mass is 294 g/mol. The summed E-state index contributed by atoms with van der Waals surface area (Å²) >= 11 is 5.60. The third-order valence-corrected chi connectivity index (χ3v) is 3.99. The van der Waals surface area contributed by atoms with E-state index in [1.165, 1.54) is 32.5 Å². The minimum absolute atomic E-state index is 0.0321. The second-order valence-corrected chi connectivity index (χ2v) is 5.67. The van der Waals surface area contributed by atoms with Crippen LogP contribution in [0.2, 0.25) is 5.15 Å². The van der Waals surface area contributed by atoms with E-state index in [4.69, 9.17) is 21.1 Å². The second kappa shape index (κ2) is 6.44. The molecule has 1 atom stereocenters. The standard InChI is InChI=1S/C10H15ClN2O4S/c1-7(10(16-2)17-3)13-18(14,15)8-4-5-9(11)12-6-8/h4-7,10,13H,1-3H3. The third-order valence-electron chi connectivity index (χ3n) is 2.22. The van der Waals surface area contributed by atoms with E-state index < -0.39 is 22.4 Å². The van der Waals surface area contributed by atoms with Gasteiger partial charge in [0.2, 0.25) is 10.0 Å². The van der Waals surface area contributed by atoms with E-state index in [0.717, 1.165) is 0 Å². The Balaban J connectivity index is 2.85. The van der Waals surface area contributed by atoms with Crippen LogP contribution in [0, 0.1) is 0 Å². The molecule has 0 radical (unpaired) electrons. The summed E-state index contributed by atoms with van der Waals surface area (Å²) in [6.45, 7) is 1.64. The highest BCUT2D eigenvalue weighted by Crippen LogP contribution is 2.12. The predicted molar refractivity (Wildman–Crippen MR) is 66.8 cm³/mol. The van der Waals surface area contributed by atoms with Gasteiger partial charge < -0.3 is 9.47 Å². The van der Waals surface area contributed by atoms with Crippen molar-refractivity contribution in [3.63, 3.8) is 0 Å². The Hall–Kier alpha value is -0.730. The van der Waals surface area contributed by atoms with Gasteiger partial charge in [0.1, 0.15) is 10.0 Å². The lowest BCUT2D eigenvalue weighted by Crippen LogP contribution is -2.42. The molecular weight excluding hydrogens is 280 g/mol. The molecule has 0 saturated heterocycles. The molecule has 0 aliphatic carbocycles. The molecule has 0 aliphatic heterocycles. The summed E-state index contributed by atoms with van der Waals surface area (Å²) in [6, 6.07) is 2.24. The molecular formula is C10H15ClN2O4S. The van der Waals surface area contributed by atoms with Gasteiger partial charge in [-0.05, 0) is 19.1 Å². The molecule has 0 amide bonds. The normalized spacial score (nSPS) is 13.8. The Bertz CT molecular complexity index is 473. The summed E-state index contributed by atoms with van der Waals surface area (Å²) in [5.41, 5.74) is 0. The number of aromatic nitrogens is 1. The smallest absolute Gasteiger partial charge is 0.242 e. The van der Waals surface area contributed by atoms with E-state index in [0.29, 0.717) is 0 Å². The second-order valence-electron chi connectivity index (χ2n) is 3.57. The molecule has 8 heteroatoms. The SMILES string of the molecule is COC(OC)C(C)NS(=O)(=O)c1ccc(Cl)nc1. The minimum Gasteiger partial charge on any atom is -0.354 e. The van der Waals surface area contributed by atoms with Gasteiger partial charge in [-0.3, -0.25) is 0 Å². The Morgan fingerprint density at radius 2 is 1.94 bits per heavy atom. The van der Waals surface area contributed by atoms with Crippen molar-refractivity contribution in [3.8, 4) is 0 Å². The Labute approximate surface area is 111 Å². The van der Waals surface area contributed by atoms with E-state index in [-0.39, 0.29) is 10.0 Å². The molecule has 6 nitrogen and oxygen atoms in total. The summed E-state index contributed by atoms with van der Waals surface area (Å²) in [6.07, 6.45) is 0.520. The van der Waals surface area contributed by atoms with Gasteiger partial charge in [-0.15, -0.1) is 0 Å². The van der Waals surface area contributed by atoms with Crippen molar-refractivity contribution in [2.24, 2.45) is 0 Å². The topological polar surface area (TPSA) is 77.5 Å². The fourth-order valence-corrected chi connectivity index (χ4v) is 2.68. The van der Waals surface area contributed by atoms with Crippen LogP contribution >= 0.6 is 11.6 Å². The average molecular weight is 295 g/mol. The van der Waals surface area contributed by atoms with Crippen molar-refractivity contribution in [2.75, 3.05) is 14.2 Å². The number of nitrogens with one attached hydrogen (secondary N) is 1. The highest BCUT2D eigenvalue weighted by Gasteiger charge is 2.23. The summed E-state index contributed by atoms with van der Waals surface area (Å²) in [5.74, 6) is 0. The molecule has 1 aromatic rings. The molecule has 1 heterocycles. The van der Waals surface area contributed by atoms with Crippen LogP contribution in [0.1, 0.15) is 6.92 Å². The van der Waals surface area contributed by atoms with Gasteiger partial charge in [-0.1, -0.05) is 11.6 Å². The number of rotatable bonds is 6. The molecule has 0 aliphatic rings. The van der Waals surface area contributed by atoms with Gasteiger partial charge in [-0.25, -0.2) is 18.1 Å². The first-order valence-corrected chi connectivity index (χ1v) is 6.96. The molecule has 102 valence electrons. The van der Waals surface area contributed by atoms with Crippen molar-refractivity contribution >= 4 is 21.6 Å². The molecule has 0 saturated carbocycles. The summed E-state index contributed by atoms with van der Waals surface area (Å²) in [7, 11) is -0.806. The first-order valence-electron chi connectivity index (χ1n) is 5.10. The molecule has 1 N–H and O–H groups in total. The van der Waals surface area contributed by atoms with Crippen molar-refractivity contribution < 1.29 is 17.9 Å². The first-order chi connectivity index (χ1) is 8.40. The van der Waals surface area contributed by atoms with Crippen LogP contribution in [-0.2, 0) is 19.5 Å². The fraction of sp³-hybridized carbons (Fsp3) is 0.500. The fourth-order valence-electron chi connectivity index (χ4n) is 1.39. The Morgan fingerprint density at radius 1 is 1.33 bits per heavy atom. The summed E-state index contributed by atoms with van der Waals surface area (Å²) < 4.78 is 36.4. The largest absolute Gasteiger partial charge is 0.354 e. The third kappa shape index (κ3) is 3.89. The van der Waals surface area contributed by atoms with Gasteiger partial charge in [0.25, 0.3) is 0 Å². The molecule has 18 heavy (non-hydrogen) atoms. The number of halogens is 1. The van der Waals surface area contributed by atoms with E-state index in [2.05, 4.69) is 9.71 Å². The highest BCUT2D eigenvalue weighted by atomic mass is 35.5. The number of hydrogen-bond donors (Lipinski definition) is 1. The number of hydrogen-bond acceptors (Lipinski definition) is 5. The lowest BCUT2D eigenvalue weighted by atomic mass is 10.3. The molecule has 0 bridgehead atoms. The zero-order valence-electron chi connectivity index (χ0n) is 10.3. The number of ether oxygens (including phenoxy) is 2. The van der Waals surface area contributed by atoms with Crippen LogP contribution in [0.25, 0.3) is 0 Å². The summed E-state index contributed by atoms with van der Waals surface area (Å²) in [5, 5.41) is 0.230. The van der Waals surface area contributed by atoms with E-state index in [9.17, 15) is 8.42 Å². The molecule has 1 unspecified atom stereocenters. The Morgan fingerprint density at radius 3 is 2.39 bits per heavy atom. The minimum atomic E-state index is -3.67. The van der Waals surface area contributed by atoms with E-state index in [1.807, 2.05) is 0 Å². The van der Waals surface area contributed by atoms with Crippen LogP contribution in [0.5, 0.6) is 0 Å².